The first-order valence-electron chi connectivity index (χ1n) is 5.08. The van der Waals surface area contributed by atoms with Crippen molar-refractivity contribution in [2.75, 3.05) is 5.73 Å². The molecule has 0 spiro atoms. The molecule has 3 N–H and O–H groups in total. The van der Waals surface area contributed by atoms with Gasteiger partial charge in [-0.1, -0.05) is 0 Å². The minimum atomic E-state index is -1.18. The molecule has 3 rings (SSSR count). The normalized spacial score (nSPS) is 10.9. The highest BCUT2D eigenvalue weighted by molar-refractivity contribution is 5.97. The molecule has 0 amide bonds. The van der Waals surface area contributed by atoms with Gasteiger partial charge in [-0.2, -0.15) is 9.78 Å². The second-order valence-electron chi connectivity index (χ2n) is 3.66. The maximum atomic E-state index is 11.1. The number of nitrogens with zero attached hydrogens (tertiary/aromatic N) is 3. The molecule has 0 fully saturated rings. The van der Waals surface area contributed by atoms with Crippen LogP contribution in [0.2, 0.25) is 0 Å². The van der Waals surface area contributed by atoms with Crippen LogP contribution in [0, 0.1) is 0 Å². The molecule has 0 radical (unpaired) electrons. The number of nitrogens with two attached hydrogens (primary N) is 1. The van der Waals surface area contributed by atoms with E-state index in [0.29, 0.717) is 22.3 Å². The summed E-state index contributed by atoms with van der Waals surface area (Å²) in [6.07, 6.45) is 1.68. The van der Waals surface area contributed by atoms with Gasteiger partial charge in [0.2, 0.25) is 5.89 Å². The number of benzene rings is 1. The van der Waals surface area contributed by atoms with Crippen molar-refractivity contribution in [2.24, 2.45) is 0 Å². The molecule has 18 heavy (non-hydrogen) atoms. The lowest BCUT2D eigenvalue weighted by atomic mass is 10.2. The highest BCUT2D eigenvalue weighted by atomic mass is 16.4. The van der Waals surface area contributed by atoms with E-state index in [9.17, 15) is 4.79 Å². The van der Waals surface area contributed by atoms with Crippen molar-refractivity contribution in [3.05, 3.63) is 30.7 Å². The third kappa shape index (κ3) is 1.41. The standard InChI is InChI=1S/C11H8N4O3/c12-6-1-2-8-7(5-6)9(10-13-3-4-18-10)14-15(8)11(16)17/h1-5H,12H2,(H,16,17). The third-order valence-electron chi connectivity index (χ3n) is 2.52. The fraction of sp³-hybridized carbons (Fsp3) is 0. The van der Waals surface area contributed by atoms with Gasteiger partial charge in [-0.25, -0.2) is 9.78 Å². The fourth-order valence-electron chi connectivity index (χ4n) is 1.78. The number of aromatic nitrogens is 3. The van der Waals surface area contributed by atoms with E-state index >= 15 is 0 Å². The van der Waals surface area contributed by atoms with Crippen molar-refractivity contribution in [3.8, 4) is 11.6 Å². The van der Waals surface area contributed by atoms with Crippen molar-refractivity contribution in [1.29, 1.82) is 0 Å². The molecule has 1 aromatic carbocycles. The summed E-state index contributed by atoms with van der Waals surface area (Å²) in [5, 5.41) is 13.6. The van der Waals surface area contributed by atoms with Crippen LogP contribution in [0.5, 0.6) is 0 Å². The lowest BCUT2D eigenvalue weighted by Gasteiger charge is -1.95. The number of carbonyl (C=O) groups is 1. The van der Waals surface area contributed by atoms with Gasteiger partial charge < -0.3 is 15.3 Å². The third-order valence-corrected chi connectivity index (χ3v) is 2.52. The average molecular weight is 244 g/mol. The highest BCUT2D eigenvalue weighted by Gasteiger charge is 2.18. The Bertz CT molecular complexity index is 730. The van der Waals surface area contributed by atoms with Gasteiger partial charge in [0.05, 0.1) is 11.7 Å². The fourth-order valence-corrected chi connectivity index (χ4v) is 1.78. The summed E-state index contributed by atoms with van der Waals surface area (Å²) in [5.41, 5.74) is 7.00. The van der Waals surface area contributed by atoms with Crippen LogP contribution in [0.1, 0.15) is 0 Å². The van der Waals surface area contributed by atoms with Crippen molar-refractivity contribution in [2.45, 2.75) is 0 Å². The molecular weight excluding hydrogens is 236 g/mol. The quantitative estimate of drug-likeness (QED) is 0.632. The highest BCUT2D eigenvalue weighted by Crippen LogP contribution is 2.28. The molecule has 3 aromatic rings. The summed E-state index contributed by atoms with van der Waals surface area (Å²) in [4.78, 5) is 15.1. The van der Waals surface area contributed by atoms with E-state index in [-0.39, 0.29) is 5.89 Å². The summed E-state index contributed by atoms with van der Waals surface area (Å²) in [6, 6.07) is 4.85. The van der Waals surface area contributed by atoms with Crippen LogP contribution < -0.4 is 5.73 Å². The summed E-state index contributed by atoms with van der Waals surface area (Å²) in [6.45, 7) is 0. The van der Waals surface area contributed by atoms with Crippen molar-refractivity contribution >= 4 is 22.7 Å². The van der Waals surface area contributed by atoms with E-state index in [0.717, 1.165) is 4.68 Å². The predicted molar refractivity (Wildman–Crippen MR) is 63.1 cm³/mol. The molecule has 0 atom stereocenters. The van der Waals surface area contributed by atoms with Crippen LogP contribution in [0.25, 0.3) is 22.5 Å². The minimum Gasteiger partial charge on any atom is -0.463 e. The predicted octanol–water partition coefficient (Wildman–Crippen LogP) is 1.80. The number of carboxylic acid groups (broad SMARTS) is 1. The first-order chi connectivity index (χ1) is 8.66. The van der Waals surface area contributed by atoms with E-state index in [4.69, 9.17) is 15.3 Å². The summed E-state index contributed by atoms with van der Waals surface area (Å²) in [7, 11) is 0. The molecular formula is C11H8N4O3. The van der Waals surface area contributed by atoms with Gasteiger partial charge in [0.25, 0.3) is 0 Å². The van der Waals surface area contributed by atoms with Crippen molar-refractivity contribution in [3.63, 3.8) is 0 Å². The van der Waals surface area contributed by atoms with Gasteiger partial charge >= 0.3 is 6.09 Å². The summed E-state index contributed by atoms with van der Waals surface area (Å²) >= 11 is 0. The number of nitrogen functional groups attached to an aromatic ring is 1. The first-order valence-corrected chi connectivity index (χ1v) is 5.08. The molecule has 0 aliphatic rings. The molecule has 0 aliphatic carbocycles. The molecule has 7 nitrogen and oxygen atoms in total. The topological polar surface area (TPSA) is 107 Å². The van der Waals surface area contributed by atoms with Gasteiger partial charge in [-0.05, 0) is 18.2 Å². The summed E-state index contributed by atoms with van der Waals surface area (Å²) in [5.74, 6) is 0.255. The van der Waals surface area contributed by atoms with Gasteiger partial charge in [-0.3, -0.25) is 0 Å². The van der Waals surface area contributed by atoms with Gasteiger partial charge in [-0.15, -0.1) is 0 Å². The lowest BCUT2D eigenvalue weighted by molar-refractivity contribution is 0.194. The number of rotatable bonds is 1. The Labute approximate surface area is 100 Å². The average Bonchev–Trinajstić information content (AvgIpc) is 2.93. The molecule has 2 heterocycles. The van der Waals surface area contributed by atoms with Crippen LogP contribution in [0.15, 0.2) is 35.1 Å². The van der Waals surface area contributed by atoms with E-state index < -0.39 is 6.09 Å². The number of oxazole rings is 1. The van der Waals surface area contributed by atoms with Gasteiger partial charge in [0.1, 0.15) is 6.26 Å². The van der Waals surface area contributed by atoms with Gasteiger partial charge in [0, 0.05) is 11.1 Å². The molecule has 0 unspecified atom stereocenters. The summed E-state index contributed by atoms with van der Waals surface area (Å²) < 4.78 is 6.01. The zero-order chi connectivity index (χ0) is 12.7. The van der Waals surface area contributed by atoms with Crippen LogP contribution in [0.4, 0.5) is 10.5 Å². The second kappa shape index (κ2) is 3.59. The number of hydrogen-bond donors (Lipinski definition) is 2. The first kappa shape index (κ1) is 10.3. The van der Waals surface area contributed by atoms with E-state index in [1.54, 1.807) is 18.2 Å². The number of fused-ring (bicyclic) bond motifs is 1. The van der Waals surface area contributed by atoms with Crippen molar-refractivity contribution < 1.29 is 14.3 Å². The largest absolute Gasteiger partial charge is 0.463 e. The van der Waals surface area contributed by atoms with Crippen LogP contribution >= 0.6 is 0 Å². The molecule has 7 heteroatoms. The Morgan fingerprint density at radius 3 is 2.94 bits per heavy atom. The Morgan fingerprint density at radius 1 is 1.44 bits per heavy atom. The van der Waals surface area contributed by atoms with E-state index in [2.05, 4.69) is 10.1 Å². The van der Waals surface area contributed by atoms with E-state index in [1.165, 1.54) is 12.5 Å². The Kier molecular flexibility index (Phi) is 2.06. The SMILES string of the molecule is Nc1ccc2c(c1)c(-c1ncco1)nn2C(=O)O. The lowest BCUT2D eigenvalue weighted by Crippen LogP contribution is -2.09. The molecule has 0 bridgehead atoms. The molecule has 0 saturated carbocycles. The maximum Gasteiger partial charge on any atom is 0.432 e. The Morgan fingerprint density at radius 2 is 2.28 bits per heavy atom. The van der Waals surface area contributed by atoms with Crippen LogP contribution in [0.3, 0.4) is 0 Å². The van der Waals surface area contributed by atoms with Crippen LogP contribution in [-0.4, -0.2) is 26.0 Å². The van der Waals surface area contributed by atoms with Crippen molar-refractivity contribution in [1.82, 2.24) is 14.8 Å². The maximum absolute atomic E-state index is 11.1. The second-order valence-corrected chi connectivity index (χ2v) is 3.66. The van der Waals surface area contributed by atoms with Gasteiger partial charge in [0.15, 0.2) is 5.69 Å². The Hall–Kier alpha value is -2.83. The van der Waals surface area contributed by atoms with Crippen LogP contribution in [-0.2, 0) is 0 Å². The molecule has 90 valence electrons. The monoisotopic (exact) mass is 244 g/mol. The molecule has 0 saturated heterocycles. The smallest absolute Gasteiger partial charge is 0.432 e. The van der Waals surface area contributed by atoms with E-state index in [1.807, 2.05) is 0 Å². The zero-order valence-corrected chi connectivity index (χ0v) is 9.07. The Balaban J connectivity index is 2.38. The minimum absolute atomic E-state index is 0.255. The zero-order valence-electron chi connectivity index (χ0n) is 9.07. The molecule has 2 aromatic heterocycles. The number of anilines is 1. The number of hydrogen-bond acceptors (Lipinski definition) is 5. The molecule has 0 aliphatic heterocycles.